The lowest BCUT2D eigenvalue weighted by Gasteiger charge is -2.25. The van der Waals surface area contributed by atoms with E-state index in [9.17, 15) is 18.3 Å². The molecule has 4 aromatic carbocycles. The van der Waals surface area contributed by atoms with Gasteiger partial charge >= 0.3 is 0 Å². The van der Waals surface area contributed by atoms with Gasteiger partial charge in [0.2, 0.25) is 9.84 Å². The highest BCUT2D eigenvalue weighted by molar-refractivity contribution is 7.91. The number of pyridine rings is 1. The van der Waals surface area contributed by atoms with E-state index < -0.39 is 21.8 Å². The average molecular weight is 656 g/mol. The highest BCUT2D eigenvalue weighted by Crippen LogP contribution is 2.28. The lowest BCUT2D eigenvalue weighted by molar-refractivity contribution is 0.0995. The molecule has 0 aliphatic rings. The number of primary amides is 1. The van der Waals surface area contributed by atoms with Gasteiger partial charge in [-0.05, 0) is 59.5 Å². The molecule has 0 aliphatic carbocycles. The molecule has 1 aromatic heterocycles. The van der Waals surface area contributed by atoms with E-state index in [-0.39, 0.29) is 27.7 Å². The van der Waals surface area contributed by atoms with Gasteiger partial charge in [0.25, 0.3) is 5.91 Å². The van der Waals surface area contributed by atoms with Gasteiger partial charge in [-0.2, -0.15) is 0 Å². The van der Waals surface area contributed by atoms with E-state index in [1.165, 1.54) is 18.2 Å². The van der Waals surface area contributed by atoms with Crippen LogP contribution in [-0.4, -0.2) is 42.4 Å². The molecule has 5 aromatic rings. The second-order valence-corrected chi connectivity index (χ2v) is 13.2. The number of carbonyl (C=O) groups excluding carboxylic acids is 1. The number of amides is 1. The van der Waals surface area contributed by atoms with Crippen LogP contribution >= 0.6 is 11.6 Å². The predicted octanol–water partition coefficient (Wildman–Crippen LogP) is 6.02. The zero-order valence-corrected chi connectivity index (χ0v) is 26.6. The molecule has 0 saturated carbocycles. The van der Waals surface area contributed by atoms with Gasteiger partial charge in [0.05, 0.1) is 21.5 Å². The van der Waals surface area contributed by atoms with Crippen molar-refractivity contribution in [1.82, 2.24) is 9.88 Å². The van der Waals surface area contributed by atoms with E-state index in [0.29, 0.717) is 36.8 Å². The van der Waals surface area contributed by atoms with Crippen molar-refractivity contribution in [2.75, 3.05) is 13.1 Å². The maximum Gasteiger partial charge on any atom is 0.252 e. The molecule has 0 saturated heterocycles. The van der Waals surface area contributed by atoms with Gasteiger partial charge in [0.15, 0.2) is 0 Å². The third-order valence-corrected chi connectivity index (χ3v) is 9.52. The van der Waals surface area contributed by atoms with Gasteiger partial charge in [-0.3, -0.25) is 9.69 Å². The summed E-state index contributed by atoms with van der Waals surface area (Å²) in [6, 6.07) is 33.6. The quantitative estimate of drug-likeness (QED) is 0.140. The van der Waals surface area contributed by atoms with Gasteiger partial charge in [0.1, 0.15) is 17.5 Å². The van der Waals surface area contributed by atoms with Crippen LogP contribution in [0.15, 0.2) is 131 Å². The Bertz CT molecular complexity index is 1850. The molecule has 0 fully saturated rings. The lowest BCUT2D eigenvalue weighted by atomic mass is 10.1. The topological polar surface area (TPSA) is 123 Å². The van der Waals surface area contributed by atoms with Crippen molar-refractivity contribution in [3.63, 3.8) is 0 Å². The van der Waals surface area contributed by atoms with Crippen LogP contribution < -0.4 is 10.5 Å². The Balaban J connectivity index is 1.28. The van der Waals surface area contributed by atoms with E-state index in [0.717, 1.165) is 16.7 Å². The minimum Gasteiger partial charge on any atom is -0.488 e. The smallest absolute Gasteiger partial charge is 0.252 e. The van der Waals surface area contributed by atoms with Crippen molar-refractivity contribution in [2.45, 2.75) is 35.5 Å². The maximum absolute atomic E-state index is 13.5. The Labute approximate surface area is 274 Å². The number of benzene rings is 4. The molecule has 0 radical (unpaired) electrons. The van der Waals surface area contributed by atoms with Gasteiger partial charge in [0, 0.05) is 31.4 Å². The number of hydrogen-bond donors (Lipinski definition) is 2. The van der Waals surface area contributed by atoms with Crippen molar-refractivity contribution in [3.05, 3.63) is 154 Å². The summed E-state index contributed by atoms with van der Waals surface area (Å²) in [6.45, 7) is 1.82. The molecule has 5 rings (SSSR count). The number of nitrogens with two attached hydrogens (primary N) is 1. The van der Waals surface area contributed by atoms with Crippen LogP contribution in [0.1, 0.15) is 38.7 Å². The average Bonchev–Trinajstić information content (AvgIpc) is 3.07. The van der Waals surface area contributed by atoms with Crippen LogP contribution in [0, 0.1) is 0 Å². The third kappa shape index (κ3) is 8.58. The molecule has 1 amide bonds. The molecule has 0 aliphatic heterocycles. The number of halogens is 1. The summed E-state index contributed by atoms with van der Waals surface area (Å²) >= 11 is 5.91. The van der Waals surface area contributed by atoms with E-state index in [1.54, 1.807) is 42.6 Å². The van der Waals surface area contributed by atoms with Crippen molar-refractivity contribution < 1.29 is 23.1 Å². The molecular weight excluding hydrogens is 622 g/mol. The van der Waals surface area contributed by atoms with E-state index in [1.807, 2.05) is 60.7 Å². The molecule has 0 bridgehead atoms. The Morgan fingerprint density at radius 2 is 1.50 bits per heavy atom. The Morgan fingerprint density at radius 3 is 2.13 bits per heavy atom. The number of aromatic nitrogens is 1. The van der Waals surface area contributed by atoms with Crippen LogP contribution in [0.4, 0.5) is 0 Å². The molecule has 1 atom stereocenters. The highest BCUT2D eigenvalue weighted by Gasteiger charge is 2.22. The van der Waals surface area contributed by atoms with E-state index in [4.69, 9.17) is 22.1 Å². The first-order valence-electron chi connectivity index (χ1n) is 14.7. The number of hydrogen-bond acceptors (Lipinski definition) is 7. The molecule has 0 unspecified atom stereocenters. The highest BCUT2D eigenvalue weighted by atomic mass is 35.5. The minimum absolute atomic E-state index is 0.0105. The maximum atomic E-state index is 13.5. The van der Waals surface area contributed by atoms with Crippen LogP contribution in [-0.2, 0) is 29.4 Å². The Morgan fingerprint density at radius 1 is 0.848 bits per heavy atom. The number of nitrogens with zero attached hydrogens (tertiary/aromatic N) is 2. The fraction of sp³-hybridized carbons (Fsp3) is 0.167. The standard InChI is InChI=1S/C36H34ClN3O5S/c37-35-18-13-29(22-39-35)33(41)24-40(23-27-7-3-1-4-8-27)20-19-26-11-14-30(15-12-26)46(43,44)31-16-17-34(32(21-31)36(38)42)45-25-28-9-5-2-6-10-28/h1-18,21-22,33,41H,19-20,23-25H2,(H2,38,42)/t33-/m0/s1. The Hall–Kier alpha value is -4.54. The second-order valence-electron chi connectivity index (χ2n) is 10.8. The monoisotopic (exact) mass is 655 g/mol. The summed E-state index contributed by atoms with van der Waals surface area (Å²) in [5, 5.41) is 11.3. The molecule has 1 heterocycles. The first-order chi connectivity index (χ1) is 22.2. The zero-order valence-electron chi connectivity index (χ0n) is 25.0. The normalized spacial score (nSPS) is 12.2. The number of ether oxygens (including phenoxy) is 1. The first kappa shape index (κ1) is 32.8. The van der Waals surface area contributed by atoms with Crippen LogP contribution in [0.25, 0.3) is 0 Å². The summed E-state index contributed by atoms with van der Waals surface area (Å²) in [5.41, 5.74) is 9.19. The molecule has 0 spiro atoms. The summed E-state index contributed by atoms with van der Waals surface area (Å²) in [5.74, 6) is -0.573. The van der Waals surface area contributed by atoms with Crippen LogP contribution in [0.2, 0.25) is 5.15 Å². The van der Waals surface area contributed by atoms with Crippen LogP contribution in [0.3, 0.4) is 0 Å². The fourth-order valence-corrected chi connectivity index (χ4v) is 6.40. The first-order valence-corrected chi connectivity index (χ1v) is 16.6. The summed E-state index contributed by atoms with van der Waals surface area (Å²) in [7, 11) is -3.94. The van der Waals surface area contributed by atoms with Gasteiger partial charge in [-0.15, -0.1) is 0 Å². The SMILES string of the molecule is NC(=O)c1cc(S(=O)(=O)c2ccc(CCN(Cc3ccccc3)C[C@H](O)c3ccc(Cl)nc3)cc2)ccc1OCc1ccccc1. The fourth-order valence-electron chi connectivity index (χ4n) is 5.00. The van der Waals surface area contributed by atoms with E-state index in [2.05, 4.69) is 9.88 Å². The lowest BCUT2D eigenvalue weighted by Crippen LogP contribution is -2.30. The largest absolute Gasteiger partial charge is 0.488 e. The molecule has 10 heteroatoms. The third-order valence-electron chi connectivity index (χ3n) is 7.53. The van der Waals surface area contributed by atoms with Gasteiger partial charge in [-0.1, -0.05) is 90.5 Å². The number of aliphatic hydroxyl groups excluding tert-OH is 1. The van der Waals surface area contributed by atoms with Crippen molar-refractivity contribution >= 4 is 27.3 Å². The minimum atomic E-state index is -3.94. The van der Waals surface area contributed by atoms with Crippen molar-refractivity contribution in [1.29, 1.82) is 0 Å². The van der Waals surface area contributed by atoms with Crippen molar-refractivity contribution in [2.24, 2.45) is 5.73 Å². The molecule has 3 N–H and O–H groups in total. The number of sulfone groups is 1. The van der Waals surface area contributed by atoms with E-state index >= 15 is 0 Å². The Kier molecular flexibility index (Phi) is 10.8. The summed E-state index contributed by atoms with van der Waals surface area (Å²) < 4.78 is 32.8. The number of aliphatic hydroxyl groups is 1. The molecule has 236 valence electrons. The van der Waals surface area contributed by atoms with Gasteiger partial charge in [-0.25, -0.2) is 13.4 Å². The number of carbonyl (C=O) groups is 1. The van der Waals surface area contributed by atoms with Crippen LogP contribution in [0.5, 0.6) is 5.75 Å². The molecular formula is C36H34ClN3O5S. The van der Waals surface area contributed by atoms with Crippen molar-refractivity contribution in [3.8, 4) is 5.75 Å². The predicted molar refractivity (Wildman–Crippen MR) is 177 cm³/mol. The zero-order chi connectivity index (χ0) is 32.5. The number of rotatable bonds is 14. The molecule has 46 heavy (non-hydrogen) atoms. The summed E-state index contributed by atoms with van der Waals surface area (Å²) in [6.07, 6.45) is 1.43. The summed E-state index contributed by atoms with van der Waals surface area (Å²) in [4.78, 5) is 18.5. The van der Waals surface area contributed by atoms with Gasteiger partial charge < -0.3 is 15.6 Å². The second kappa shape index (κ2) is 15.2. The molecule has 8 nitrogen and oxygen atoms in total.